The SMILES string of the molecule is CC(C)CCC[C@@H](C)[C@H]1CC[C@H]2[C@@H]3CC[C@H]4C[C@@H](O[C@@H]5O[C@H](CO)[C@H](O)[C@H](O)[C@H]5O)CC[C@]4(C)[C@H]3CC[C@]12C. The number of hydrogen-bond donors (Lipinski definition) is 4. The van der Waals surface area contributed by atoms with E-state index in [1.807, 2.05) is 0 Å². The van der Waals surface area contributed by atoms with Gasteiger partial charge in [-0.15, -0.1) is 0 Å². The zero-order valence-corrected chi connectivity index (χ0v) is 25.3. The Balaban J connectivity index is 1.21. The molecular formula is C33H58O6. The van der Waals surface area contributed by atoms with Gasteiger partial charge in [0.15, 0.2) is 6.29 Å². The van der Waals surface area contributed by atoms with Crippen LogP contribution in [0.25, 0.3) is 0 Å². The van der Waals surface area contributed by atoms with Gasteiger partial charge >= 0.3 is 0 Å². The molecule has 1 heterocycles. The molecule has 1 aliphatic heterocycles. The summed E-state index contributed by atoms with van der Waals surface area (Å²) < 4.78 is 11.9. The Morgan fingerprint density at radius 3 is 2.26 bits per heavy atom. The Morgan fingerprint density at radius 2 is 1.54 bits per heavy atom. The van der Waals surface area contributed by atoms with E-state index >= 15 is 0 Å². The van der Waals surface area contributed by atoms with Gasteiger partial charge in [-0.05, 0) is 110 Å². The largest absolute Gasteiger partial charge is 0.394 e. The van der Waals surface area contributed by atoms with Crippen LogP contribution in [-0.2, 0) is 9.47 Å². The van der Waals surface area contributed by atoms with Crippen LogP contribution in [0.2, 0.25) is 0 Å². The predicted molar refractivity (Wildman–Crippen MR) is 152 cm³/mol. The molecule has 5 fully saturated rings. The van der Waals surface area contributed by atoms with E-state index < -0.39 is 37.3 Å². The van der Waals surface area contributed by atoms with E-state index in [2.05, 4.69) is 34.6 Å². The number of fused-ring (bicyclic) bond motifs is 5. The first kappa shape index (κ1) is 30.2. The molecule has 39 heavy (non-hydrogen) atoms. The van der Waals surface area contributed by atoms with Crippen LogP contribution in [0.5, 0.6) is 0 Å². The van der Waals surface area contributed by atoms with Crippen molar-refractivity contribution in [1.82, 2.24) is 0 Å². The minimum atomic E-state index is -1.38. The molecule has 0 amide bonds. The van der Waals surface area contributed by atoms with Gasteiger partial charge in [0.25, 0.3) is 0 Å². The van der Waals surface area contributed by atoms with Crippen molar-refractivity contribution in [3.05, 3.63) is 0 Å². The molecule has 0 radical (unpaired) electrons. The molecule has 226 valence electrons. The molecule has 4 aliphatic carbocycles. The van der Waals surface area contributed by atoms with Gasteiger partial charge in [0, 0.05) is 0 Å². The second-order valence-electron chi connectivity index (χ2n) is 15.4. The average molecular weight is 551 g/mol. The Bertz CT molecular complexity index is 818. The third-order valence-electron chi connectivity index (χ3n) is 13.0. The maximum absolute atomic E-state index is 10.5. The first-order valence-electron chi connectivity index (χ1n) is 16.5. The van der Waals surface area contributed by atoms with Crippen LogP contribution in [0.3, 0.4) is 0 Å². The number of rotatable bonds is 8. The summed E-state index contributed by atoms with van der Waals surface area (Å²) in [5, 5.41) is 40.3. The van der Waals surface area contributed by atoms with Gasteiger partial charge in [0.1, 0.15) is 24.4 Å². The van der Waals surface area contributed by atoms with E-state index in [0.29, 0.717) is 16.7 Å². The van der Waals surface area contributed by atoms with Crippen molar-refractivity contribution < 1.29 is 29.9 Å². The summed E-state index contributed by atoms with van der Waals surface area (Å²) in [6.45, 7) is 12.1. The highest BCUT2D eigenvalue weighted by atomic mass is 16.7. The second kappa shape index (κ2) is 11.8. The van der Waals surface area contributed by atoms with E-state index in [9.17, 15) is 20.4 Å². The summed E-state index contributed by atoms with van der Waals surface area (Å²) in [5.41, 5.74) is 0.867. The van der Waals surface area contributed by atoms with Crippen LogP contribution in [-0.4, -0.2) is 63.8 Å². The quantitative estimate of drug-likeness (QED) is 0.307. The summed E-state index contributed by atoms with van der Waals surface area (Å²) >= 11 is 0. The lowest BCUT2D eigenvalue weighted by molar-refractivity contribution is -0.316. The fourth-order valence-electron chi connectivity index (χ4n) is 10.7. The van der Waals surface area contributed by atoms with E-state index in [4.69, 9.17) is 9.47 Å². The highest BCUT2D eigenvalue weighted by molar-refractivity contribution is 5.10. The molecule has 4 N–H and O–H groups in total. The molecule has 1 saturated heterocycles. The lowest BCUT2D eigenvalue weighted by Crippen LogP contribution is -2.60. The minimum absolute atomic E-state index is 0.0301. The maximum Gasteiger partial charge on any atom is 0.186 e. The molecule has 5 rings (SSSR count). The van der Waals surface area contributed by atoms with Crippen LogP contribution in [0, 0.1) is 52.3 Å². The fourth-order valence-corrected chi connectivity index (χ4v) is 10.7. The summed E-state index contributed by atoms with van der Waals surface area (Å²) in [6.07, 6.45) is 9.41. The molecule has 0 spiro atoms. The fraction of sp³-hybridized carbons (Fsp3) is 1.00. The van der Waals surface area contributed by atoms with Crippen molar-refractivity contribution in [3.63, 3.8) is 0 Å². The molecule has 0 aromatic carbocycles. The zero-order chi connectivity index (χ0) is 28.1. The molecule has 0 bridgehead atoms. The number of ether oxygens (including phenoxy) is 2. The van der Waals surface area contributed by atoms with Crippen molar-refractivity contribution in [1.29, 1.82) is 0 Å². The molecular weight excluding hydrogens is 492 g/mol. The van der Waals surface area contributed by atoms with Crippen molar-refractivity contribution >= 4 is 0 Å². The van der Waals surface area contributed by atoms with Gasteiger partial charge in [-0.1, -0.05) is 53.9 Å². The highest BCUT2D eigenvalue weighted by Gasteiger charge is 2.61. The van der Waals surface area contributed by atoms with E-state index in [1.165, 1.54) is 57.8 Å². The van der Waals surface area contributed by atoms with Crippen molar-refractivity contribution in [3.8, 4) is 0 Å². The highest BCUT2D eigenvalue weighted by Crippen LogP contribution is 2.68. The van der Waals surface area contributed by atoms with Gasteiger partial charge < -0.3 is 29.9 Å². The third-order valence-corrected chi connectivity index (χ3v) is 13.0. The Kier molecular flexibility index (Phi) is 9.14. The zero-order valence-electron chi connectivity index (χ0n) is 25.3. The second-order valence-corrected chi connectivity index (χ2v) is 15.4. The minimum Gasteiger partial charge on any atom is -0.394 e. The average Bonchev–Trinajstić information content (AvgIpc) is 3.26. The first-order chi connectivity index (χ1) is 18.5. The molecule has 4 saturated carbocycles. The van der Waals surface area contributed by atoms with Crippen LogP contribution >= 0.6 is 0 Å². The lowest BCUT2D eigenvalue weighted by atomic mass is 9.44. The normalized spacial score (nSPS) is 50.8. The van der Waals surface area contributed by atoms with E-state index in [1.54, 1.807) is 0 Å². The summed E-state index contributed by atoms with van der Waals surface area (Å²) in [5.74, 6) is 5.71. The van der Waals surface area contributed by atoms with Gasteiger partial charge in [0.05, 0.1) is 12.7 Å². The van der Waals surface area contributed by atoms with Crippen molar-refractivity contribution in [2.45, 2.75) is 148 Å². The van der Waals surface area contributed by atoms with E-state index in [0.717, 1.165) is 54.8 Å². The van der Waals surface area contributed by atoms with Gasteiger partial charge in [-0.25, -0.2) is 0 Å². The molecule has 0 aromatic rings. The topological polar surface area (TPSA) is 99.4 Å². The third kappa shape index (κ3) is 5.49. The molecule has 0 aromatic heterocycles. The summed E-state index contributed by atoms with van der Waals surface area (Å²) in [4.78, 5) is 0. The van der Waals surface area contributed by atoms with Crippen LogP contribution in [0.15, 0.2) is 0 Å². The standard InChI is InChI=1S/C33H58O6/c1-19(2)7-6-8-20(3)24-11-12-25-23-10-9-21-17-22(13-15-32(21,4)26(23)14-16-33(24,25)5)38-31-30(37)29(36)28(35)27(18-34)39-31/h19-31,34-37H,6-18H2,1-5H3/t20-,21+,22+,23+,24-,25+,26+,27-,28+,29+,30-,31-,32+,33-/m1/s1. The summed E-state index contributed by atoms with van der Waals surface area (Å²) in [7, 11) is 0. The molecule has 6 nitrogen and oxygen atoms in total. The van der Waals surface area contributed by atoms with Crippen LogP contribution < -0.4 is 0 Å². The maximum atomic E-state index is 10.5. The van der Waals surface area contributed by atoms with Crippen LogP contribution in [0.4, 0.5) is 0 Å². The molecule has 14 atom stereocenters. The number of aliphatic hydroxyl groups is 4. The lowest BCUT2D eigenvalue weighted by Gasteiger charge is -2.61. The molecule has 0 unspecified atom stereocenters. The van der Waals surface area contributed by atoms with E-state index in [-0.39, 0.29) is 6.10 Å². The smallest absolute Gasteiger partial charge is 0.186 e. The predicted octanol–water partition coefficient (Wildman–Crippen LogP) is 5.29. The van der Waals surface area contributed by atoms with Crippen molar-refractivity contribution in [2.24, 2.45) is 52.3 Å². The molecule has 5 aliphatic rings. The Morgan fingerprint density at radius 1 is 0.821 bits per heavy atom. The van der Waals surface area contributed by atoms with Crippen molar-refractivity contribution in [2.75, 3.05) is 6.61 Å². The van der Waals surface area contributed by atoms with Gasteiger partial charge in [-0.2, -0.15) is 0 Å². The number of aliphatic hydroxyl groups excluding tert-OH is 4. The van der Waals surface area contributed by atoms with Gasteiger partial charge in [0.2, 0.25) is 0 Å². The Hall–Kier alpha value is -0.240. The van der Waals surface area contributed by atoms with Gasteiger partial charge in [-0.3, -0.25) is 0 Å². The Labute approximate surface area is 237 Å². The monoisotopic (exact) mass is 550 g/mol. The number of hydrogen-bond acceptors (Lipinski definition) is 6. The first-order valence-corrected chi connectivity index (χ1v) is 16.5. The summed E-state index contributed by atoms with van der Waals surface area (Å²) in [6, 6.07) is 0. The molecule has 6 heteroatoms. The van der Waals surface area contributed by atoms with Crippen LogP contribution in [0.1, 0.15) is 112 Å².